The quantitative estimate of drug-likeness (QED) is 0.793. The van der Waals surface area contributed by atoms with Crippen LogP contribution in [-0.2, 0) is 23.1 Å². The Morgan fingerprint density at radius 3 is 2.78 bits per heavy atom. The zero-order valence-corrected chi connectivity index (χ0v) is 14.8. The molecule has 0 spiro atoms. The molecule has 2 N–H and O–H groups in total. The molecular weight excluding hydrogens is 364 g/mol. The summed E-state index contributed by atoms with van der Waals surface area (Å²) >= 11 is 0. The first-order chi connectivity index (χ1) is 12.7. The summed E-state index contributed by atoms with van der Waals surface area (Å²) in [5, 5.41) is 3.03. The number of aromatic amines is 1. The van der Waals surface area contributed by atoms with E-state index < -0.39 is 12.7 Å². The fourth-order valence-corrected chi connectivity index (χ4v) is 3.62. The number of ether oxygens (including phenoxy) is 1. The normalized spacial score (nSPS) is 19.4. The monoisotopic (exact) mass is 384 g/mol. The van der Waals surface area contributed by atoms with E-state index in [2.05, 4.69) is 15.3 Å². The van der Waals surface area contributed by atoms with Crippen molar-refractivity contribution in [1.29, 1.82) is 0 Å². The molecule has 0 radical (unpaired) electrons. The zero-order valence-electron chi connectivity index (χ0n) is 14.8. The lowest BCUT2D eigenvalue weighted by Crippen LogP contribution is -2.44. The SMILES string of the molecule is CC1(c2cnc(Nc3c[nH]c4c3CN(CC(F)(F)F)CC4)cc2F)COC1. The molecule has 27 heavy (non-hydrogen) atoms. The van der Waals surface area contributed by atoms with Gasteiger partial charge in [0.25, 0.3) is 0 Å². The molecule has 0 unspecified atom stereocenters. The number of halogens is 4. The van der Waals surface area contributed by atoms with Gasteiger partial charge in [0.05, 0.1) is 25.4 Å². The predicted molar refractivity (Wildman–Crippen MR) is 91.5 cm³/mol. The molecule has 0 atom stereocenters. The van der Waals surface area contributed by atoms with Crippen molar-refractivity contribution in [1.82, 2.24) is 14.9 Å². The van der Waals surface area contributed by atoms with Gasteiger partial charge in [-0.15, -0.1) is 0 Å². The smallest absolute Gasteiger partial charge is 0.379 e. The Bertz CT molecular complexity index is 844. The van der Waals surface area contributed by atoms with E-state index in [1.54, 1.807) is 6.20 Å². The summed E-state index contributed by atoms with van der Waals surface area (Å²) in [6, 6.07) is 1.31. The number of anilines is 2. The average molecular weight is 384 g/mol. The molecule has 2 aliphatic rings. The van der Waals surface area contributed by atoms with Gasteiger partial charge in [0.1, 0.15) is 11.6 Å². The zero-order chi connectivity index (χ0) is 19.2. The maximum atomic E-state index is 14.5. The Kier molecular flexibility index (Phi) is 4.38. The Balaban J connectivity index is 1.51. The summed E-state index contributed by atoms with van der Waals surface area (Å²) in [7, 11) is 0. The van der Waals surface area contributed by atoms with Gasteiger partial charge in [0.2, 0.25) is 0 Å². The summed E-state index contributed by atoms with van der Waals surface area (Å²) in [5.74, 6) is -0.0590. The predicted octanol–water partition coefficient (Wildman–Crippen LogP) is 3.50. The first-order valence-corrected chi connectivity index (χ1v) is 8.72. The number of hydrogen-bond donors (Lipinski definition) is 2. The van der Waals surface area contributed by atoms with Crippen molar-refractivity contribution in [2.24, 2.45) is 0 Å². The van der Waals surface area contributed by atoms with E-state index in [0.29, 0.717) is 43.2 Å². The number of pyridine rings is 1. The van der Waals surface area contributed by atoms with Crippen molar-refractivity contribution in [2.75, 3.05) is 31.6 Å². The fourth-order valence-electron chi connectivity index (χ4n) is 3.62. The highest BCUT2D eigenvalue weighted by Crippen LogP contribution is 2.34. The van der Waals surface area contributed by atoms with Crippen molar-refractivity contribution >= 4 is 11.5 Å². The minimum absolute atomic E-state index is 0.177. The van der Waals surface area contributed by atoms with Crippen molar-refractivity contribution in [3.05, 3.63) is 41.1 Å². The van der Waals surface area contributed by atoms with Crippen LogP contribution in [0.2, 0.25) is 0 Å². The molecule has 146 valence electrons. The molecule has 0 aromatic carbocycles. The average Bonchev–Trinajstić information content (AvgIpc) is 2.94. The number of alkyl halides is 3. The Morgan fingerprint density at radius 1 is 1.37 bits per heavy atom. The summed E-state index contributed by atoms with van der Waals surface area (Å²) in [6.07, 6.45) is -0.541. The first-order valence-electron chi connectivity index (χ1n) is 8.72. The molecule has 1 fully saturated rings. The van der Waals surface area contributed by atoms with Crippen LogP contribution in [0, 0.1) is 5.82 Å². The van der Waals surface area contributed by atoms with E-state index in [9.17, 15) is 17.6 Å². The lowest BCUT2D eigenvalue weighted by Gasteiger charge is -2.38. The van der Waals surface area contributed by atoms with Crippen molar-refractivity contribution in [3.8, 4) is 0 Å². The van der Waals surface area contributed by atoms with E-state index in [-0.39, 0.29) is 17.8 Å². The van der Waals surface area contributed by atoms with Gasteiger partial charge in [-0.3, -0.25) is 4.90 Å². The van der Waals surface area contributed by atoms with E-state index in [1.165, 1.54) is 17.2 Å². The maximum Gasteiger partial charge on any atom is 0.401 e. The molecule has 1 saturated heterocycles. The van der Waals surface area contributed by atoms with E-state index in [4.69, 9.17) is 4.74 Å². The first kappa shape index (κ1) is 18.2. The Morgan fingerprint density at radius 2 is 2.15 bits per heavy atom. The lowest BCUT2D eigenvalue weighted by atomic mass is 9.81. The number of H-pyrrole nitrogens is 1. The van der Waals surface area contributed by atoms with Crippen molar-refractivity contribution < 1.29 is 22.3 Å². The highest BCUT2D eigenvalue weighted by atomic mass is 19.4. The second-order valence-corrected chi connectivity index (χ2v) is 7.46. The highest BCUT2D eigenvalue weighted by Gasteiger charge is 2.38. The van der Waals surface area contributed by atoms with Crippen LogP contribution in [0.1, 0.15) is 23.7 Å². The van der Waals surface area contributed by atoms with Crippen LogP contribution in [0.5, 0.6) is 0 Å². The molecule has 9 heteroatoms. The molecule has 0 aliphatic carbocycles. The van der Waals surface area contributed by atoms with Crippen LogP contribution in [0.25, 0.3) is 0 Å². The Labute approximate surface area is 153 Å². The standard InChI is InChI=1S/C18H20F4N4O/c1-17(9-27-10-17)12-5-24-16(4-13(12)19)25-15-6-23-14-2-3-26(7-11(14)15)8-18(20,21)22/h4-6,23H,2-3,7-10H2,1H3,(H,24,25). The largest absolute Gasteiger partial charge is 0.401 e. The van der Waals surface area contributed by atoms with Gasteiger partial charge in [-0.2, -0.15) is 13.2 Å². The third-order valence-electron chi connectivity index (χ3n) is 5.15. The van der Waals surface area contributed by atoms with Crippen molar-refractivity contribution in [2.45, 2.75) is 31.5 Å². The third kappa shape index (κ3) is 3.66. The molecule has 0 bridgehead atoms. The molecule has 2 aromatic rings. The van der Waals surface area contributed by atoms with E-state index in [1.807, 2.05) is 6.92 Å². The lowest BCUT2D eigenvalue weighted by molar-refractivity contribution is -0.147. The summed E-state index contributed by atoms with van der Waals surface area (Å²) in [5.41, 5.74) is 2.42. The molecule has 0 amide bonds. The third-order valence-corrected chi connectivity index (χ3v) is 5.15. The summed E-state index contributed by atoms with van der Waals surface area (Å²) in [4.78, 5) is 8.72. The number of hydrogen-bond acceptors (Lipinski definition) is 4. The minimum atomic E-state index is -4.23. The molecular formula is C18H20F4N4O. The number of nitrogens with zero attached hydrogens (tertiary/aromatic N) is 2. The van der Waals surface area contributed by atoms with Crippen LogP contribution in [-0.4, -0.2) is 47.3 Å². The highest BCUT2D eigenvalue weighted by molar-refractivity contribution is 5.62. The Hall–Kier alpha value is -2.13. The van der Waals surface area contributed by atoms with Crippen LogP contribution >= 0.6 is 0 Å². The van der Waals surface area contributed by atoms with Crippen molar-refractivity contribution in [3.63, 3.8) is 0 Å². The van der Waals surface area contributed by atoms with Gasteiger partial charge in [-0.25, -0.2) is 9.37 Å². The number of nitrogens with one attached hydrogen (secondary N) is 2. The second kappa shape index (κ2) is 6.49. The van der Waals surface area contributed by atoms with E-state index in [0.717, 1.165) is 11.3 Å². The van der Waals surface area contributed by atoms with Crippen LogP contribution < -0.4 is 5.32 Å². The van der Waals surface area contributed by atoms with Crippen LogP contribution in [0.3, 0.4) is 0 Å². The van der Waals surface area contributed by atoms with Crippen LogP contribution in [0.4, 0.5) is 29.1 Å². The summed E-state index contributed by atoms with van der Waals surface area (Å²) in [6.45, 7) is 2.41. The van der Waals surface area contributed by atoms with Gasteiger partial charge in [-0.05, 0) is 0 Å². The van der Waals surface area contributed by atoms with Gasteiger partial charge >= 0.3 is 6.18 Å². The molecule has 2 aliphatic heterocycles. The topological polar surface area (TPSA) is 53.2 Å². The number of rotatable bonds is 4. The molecule has 4 heterocycles. The second-order valence-electron chi connectivity index (χ2n) is 7.46. The van der Waals surface area contributed by atoms with E-state index >= 15 is 0 Å². The minimum Gasteiger partial charge on any atom is -0.379 e. The number of aromatic nitrogens is 2. The molecule has 4 rings (SSSR count). The van der Waals surface area contributed by atoms with Crippen LogP contribution in [0.15, 0.2) is 18.5 Å². The molecule has 2 aromatic heterocycles. The molecule has 5 nitrogen and oxygen atoms in total. The van der Waals surface area contributed by atoms with Gasteiger partial charge < -0.3 is 15.0 Å². The van der Waals surface area contributed by atoms with Gasteiger partial charge in [-0.1, -0.05) is 6.92 Å². The molecule has 0 saturated carbocycles. The number of fused-ring (bicyclic) bond motifs is 1. The maximum absolute atomic E-state index is 14.5. The van der Waals surface area contributed by atoms with Gasteiger partial charge in [0, 0.05) is 60.2 Å². The fraction of sp³-hybridized carbons (Fsp3) is 0.500. The summed E-state index contributed by atoms with van der Waals surface area (Å²) < 4.78 is 57.7. The van der Waals surface area contributed by atoms with Gasteiger partial charge in [0.15, 0.2) is 0 Å².